The number of carbonyl (C=O) groups excluding carboxylic acids is 1. The van der Waals surface area contributed by atoms with Crippen molar-refractivity contribution in [1.29, 1.82) is 0 Å². The van der Waals surface area contributed by atoms with Crippen molar-refractivity contribution in [3.63, 3.8) is 0 Å². The zero-order chi connectivity index (χ0) is 19.5. The maximum atomic E-state index is 13.0. The van der Waals surface area contributed by atoms with E-state index in [9.17, 15) is 4.79 Å². The number of likely N-dealkylation sites (tertiary alicyclic amines) is 1. The van der Waals surface area contributed by atoms with Gasteiger partial charge in [0, 0.05) is 18.9 Å². The van der Waals surface area contributed by atoms with E-state index in [1.54, 1.807) is 13.3 Å². The molecule has 3 aromatic rings. The van der Waals surface area contributed by atoms with E-state index in [1.807, 2.05) is 65.1 Å². The molecule has 4 rings (SSSR count). The van der Waals surface area contributed by atoms with E-state index in [0.717, 1.165) is 48.0 Å². The highest BCUT2D eigenvalue weighted by Crippen LogP contribution is 2.32. The van der Waals surface area contributed by atoms with Crippen molar-refractivity contribution in [1.82, 2.24) is 19.4 Å². The van der Waals surface area contributed by atoms with E-state index in [0.29, 0.717) is 6.42 Å². The Morgan fingerprint density at radius 2 is 2.04 bits per heavy atom. The Balaban J connectivity index is 1.53. The van der Waals surface area contributed by atoms with Gasteiger partial charge in [0.05, 0.1) is 25.3 Å². The van der Waals surface area contributed by atoms with Gasteiger partial charge in [-0.3, -0.25) is 9.36 Å². The van der Waals surface area contributed by atoms with Crippen molar-refractivity contribution in [3.05, 3.63) is 71.9 Å². The number of ether oxygens (including phenoxy) is 1. The Labute approximate surface area is 164 Å². The van der Waals surface area contributed by atoms with Crippen LogP contribution in [0.2, 0.25) is 0 Å². The molecule has 0 bridgehead atoms. The molecule has 0 saturated carbocycles. The summed E-state index contributed by atoms with van der Waals surface area (Å²) in [7, 11) is 1.64. The highest BCUT2D eigenvalue weighted by atomic mass is 16.5. The normalized spacial score (nSPS) is 16.4. The molecule has 2 aromatic heterocycles. The third-order valence-electron chi connectivity index (χ3n) is 5.26. The second-order valence-electron chi connectivity index (χ2n) is 7.04. The van der Waals surface area contributed by atoms with Gasteiger partial charge in [0.2, 0.25) is 5.91 Å². The number of rotatable bonds is 5. The summed E-state index contributed by atoms with van der Waals surface area (Å²) in [5.41, 5.74) is 1.93. The minimum atomic E-state index is 0.0227. The molecule has 6 nitrogen and oxygen atoms in total. The highest BCUT2D eigenvalue weighted by Gasteiger charge is 2.31. The molecule has 0 radical (unpaired) electrons. The van der Waals surface area contributed by atoms with E-state index in [4.69, 9.17) is 9.72 Å². The van der Waals surface area contributed by atoms with Crippen molar-refractivity contribution in [2.45, 2.75) is 32.2 Å². The number of methoxy groups -OCH3 is 1. The van der Waals surface area contributed by atoms with Gasteiger partial charge in [0.15, 0.2) is 0 Å². The average Bonchev–Trinajstić information content (AvgIpc) is 3.38. The third kappa shape index (κ3) is 3.63. The number of hydrogen-bond acceptors (Lipinski definition) is 4. The van der Waals surface area contributed by atoms with Crippen LogP contribution in [0, 0.1) is 6.92 Å². The molecule has 144 valence electrons. The second kappa shape index (κ2) is 7.84. The van der Waals surface area contributed by atoms with Gasteiger partial charge < -0.3 is 9.64 Å². The molecule has 1 atom stereocenters. The minimum absolute atomic E-state index is 0.0227. The molecule has 1 fully saturated rings. The molecule has 6 heteroatoms. The highest BCUT2D eigenvalue weighted by molar-refractivity contribution is 5.79. The summed E-state index contributed by atoms with van der Waals surface area (Å²) in [5.74, 6) is 2.66. The first-order chi connectivity index (χ1) is 13.7. The maximum absolute atomic E-state index is 13.0. The van der Waals surface area contributed by atoms with Crippen molar-refractivity contribution in [2.75, 3.05) is 13.7 Å². The lowest BCUT2D eigenvalue weighted by Crippen LogP contribution is -2.32. The number of amides is 1. The summed E-state index contributed by atoms with van der Waals surface area (Å²) in [6, 6.07) is 13.7. The van der Waals surface area contributed by atoms with Gasteiger partial charge in [-0.1, -0.05) is 18.2 Å². The van der Waals surface area contributed by atoms with Crippen LogP contribution in [0.3, 0.4) is 0 Å². The molecule has 0 aliphatic carbocycles. The van der Waals surface area contributed by atoms with Gasteiger partial charge in [-0.2, -0.15) is 0 Å². The smallest absolute Gasteiger partial charge is 0.227 e. The molecule has 0 spiro atoms. The number of aromatic nitrogens is 3. The van der Waals surface area contributed by atoms with Gasteiger partial charge in [0.1, 0.15) is 17.4 Å². The zero-order valence-corrected chi connectivity index (χ0v) is 16.2. The molecule has 1 aromatic carbocycles. The predicted molar refractivity (Wildman–Crippen MR) is 106 cm³/mol. The van der Waals surface area contributed by atoms with Crippen LogP contribution in [-0.4, -0.2) is 39.0 Å². The molecule has 1 aliphatic rings. The fourth-order valence-electron chi connectivity index (χ4n) is 3.77. The lowest BCUT2D eigenvalue weighted by molar-refractivity contribution is -0.131. The Morgan fingerprint density at radius 3 is 2.75 bits per heavy atom. The zero-order valence-electron chi connectivity index (χ0n) is 16.2. The second-order valence-corrected chi connectivity index (χ2v) is 7.04. The molecule has 3 heterocycles. The van der Waals surface area contributed by atoms with E-state index >= 15 is 0 Å². The number of carbonyl (C=O) groups is 1. The van der Waals surface area contributed by atoms with Crippen LogP contribution in [-0.2, 0) is 11.2 Å². The predicted octanol–water partition coefficient (Wildman–Crippen LogP) is 3.49. The topological polar surface area (TPSA) is 60.2 Å². The summed E-state index contributed by atoms with van der Waals surface area (Å²) >= 11 is 0. The van der Waals surface area contributed by atoms with Crippen LogP contribution in [0.15, 0.2) is 54.9 Å². The van der Waals surface area contributed by atoms with Crippen LogP contribution in [0.5, 0.6) is 5.75 Å². The SMILES string of the molecule is COc1ccc(CC(=O)N2CCC[C@H]2c2cccc(-n3ccnc3C)n2)cc1. The first kappa shape index (κ1) is 18.2. The molecular formula is C22H24N4O2. The van der Waals surface area contributed by atoms with Crippen molar-refractivity contribution in [3.8, 4) is 11.6 Å². The number of imidazole rings is 1. The molecular weight excluding hydrogens is 352 g/mol. The Bertz CT molecular complexity index is 965. The fraction of sp³-hybridized carbons (Fsp3) is 0.318. The Kier molecular flexibility index (Phi) is 5.10. The molecule has 0 N–H and O–H groups in total. The van der Waals surface area contributed by atoms with Gasteiger partial charge in [-0.15, -0.1) is 0 Å². The maximum Gasteiger partial charge on any atom is 0.227 e. The Morgan fingerprint density at radius 1 is 1.21 bits per heavy atom. The summed E-state index contributed by atoms with van der Waals surface area (Å²) < 4.78 is 7.15. The quantitative estimate of drug-likeness (QED) is 0.684. The minimum Gasteiger partial charge on any atom is -0.497 e. The van der Waals surface area contributed by atoms with E-state index in [1.165, 1.54) is 0 Å². The number of nitrogens with zero attached hydrogens (tertiary/aromatic N) is 4. The summed E-state index contributed by atoms with van der Waals surface area (Å²) in [6.45, 7) is 2.73. The van der Waals surface area contributed by atoms with Gasteiger partial charge in [-0.05, 0) is 49.6 Å². The van der Waals surface area contributed by atoms with Crippen molar-refractivity contribution < 1.29 is 9.53 Å². The van der Waals surface area contributed by atoms with E-state index < -0.39 is 0 Å². The molecule has 28 heavy (non-hydrogen) atoms. The fourth-order valence-corrected chi connectivity index (χ4v) is 3.77. The first-order valence-corrected chi connectivity index (χ1v) is 9.55. The molecule has 0 unspecified atom stereocenters. The van der Waals surface area contributed by atoms with Crippen molar-refractivity contribution >= 4 is 5.91 Å². The van der Waals surface area contributed by atoms with Gasteiger partial charge >= 0.3 is 0 Å². The number of aryl methyl sites for hydroxylation is 1. The summed E-state index contributed by atoms with van der Waals surface area (Å²) in [4.78, 5) is 24.0. The van der Waals surface area contributed by atoms with E-state index in [-0.39, 0.29) is 11.9 Å². The monoisotopic (exact) mass is 376 g/mol. The van der Waals surface area contributed by atoms with Crippen molar-refractivity contribution in [2.24, 2.45) is 0 Å². The average molecular weight is 376 g/mol. The number of hydrogen-bond donors (Lipinski definition) is 0. The number of pyridine rings is 1. The molecule has 1 amide bonds. The first-order valence-electron chi connectivity index (χ1n) is 9.55. The van der Waals surface area contributed by atoms with Gasteiger partial charge in [0.25, 0.3) is 0 Å². The largest absolute Gasteiger partial charge is 0.497 e. The Hall–Kier alpha value is -3.15. The summed E-state index contributed by atoms with van der Waals surface area (Å²) in [5, 5.41) is 0. The molecule has 1 aliphatic heterocycles. The van der Waals surface area contributed by atoms with Crippen LogP contribution in [0.1, 0.15) is 36.0 Å². The summed E-state index contributed by atoms with van der Waals surface area (Å²) in [6.07, 6.45) is 6.00. The van der Waals surface area contributed by atoms with Crippen LogP contribution >= 0.6 is 0 Å². The lowest BCUT2D eigenvalue weighted by atomic mass is 10.1. The van der Waals surface area contributed by atoms with Crippen LogP contribution < -0.4 is 4.74 Å². The van der Waals surface area contributed by atoms with E-state index in [2.05, 4.69) is 4.98 Å². The van der Waals surface area contributed by atoms with Crippen LogP contribution in [0.4, 0.5) is 0 Å². The lowest BCUT2D eigenvalue weighted by Gasteiger charge is -2.25. The standard InChI is InChI=1S/C22H24N4O2/c1-16-23-12-14-25(16)21-7-3-5-19(24-21)20-6-4-13-26(20)22(27)15-17-8-10-18(28-2)11-9-17/h3,5,7-12,14,20H,4,6,13,15H2,1-2H3/t20-/m0/s1. The van der Waals surface area contributed by atoms with Crippen LogP contribution in [0.25, 0.3) is 5.82 Å². The molecule has 1 saturated heterocycles. The number of benzene rings is 1. The van der Waals surface area contributed by atoms with Gasteiger partial charge in [-0.25, -0.2) is 9.97 Å². The third-order valence-corrected chi connectivity index (χ3v) is 5.26.